The average molecular weight is 393 g/mol. The van der Waals surface area contributed by atoms with Crippen LogP contribution in [-0.4, -0.2) is 22.3 Å². The van der Waals surface area contributed by atoms with Gasteiger partial charge in [-0.1, -0.05) is 27.7 Å². The zero-order valence-corrected chi connectivity index (χ0v) is 15.4. The Labute approximate surface area is 134 Å². The number of anilines is 1. The predicted octanol–water partition coefficient (Wildman–Crippen LogP) is 4.53. The highest BCUT2D eigenvalue weighted by Gasteiger charge is 2.14. The van der Waals surface area contributed by atoms with E-state index >= 15 is 0 Å². The Kier molecular flexibility index (Phi) is 7.42. The fraction of sp³-hybridized carbons (Fsp3) is 0.714. The van der Waals surface area contributed by atoms with Crippen LogP contribution in [0.3, 0.4) is 0 Å². The summed E-state index contributed by atoms with van der Waals surface area (Å²) in [7, 11) is 0. The maximum absolute atomic E-state index is 4.73. The Balaban J connectivity index is 2.91. The average Bonchev–Trinajstić information content (AvgIpc) is 2.32. The van der Waals surface area contributed by atoms with Gasteiger partial charge in [-0.25, -0.2) is 9.97 Å². The topological polar surface area (TPSA) is 37.8 Å². The van der Waals surface area contributed by atoms with Crippen molar-refractivity contribution in [3.8, 4) is 0 Å². The number of nitrogens with zero attached hydrogens (tertiary/aromatic N) is 2. The summed E-state index contributed by atoms with van der Waals surface area (Å²) in [6.45, 7) is 11.8. The van der Waals surface area contributed by atoms with Crippen LogP contribution in [0, 0.1) is 9.49 Å². The molecule has 0 aromatic carbocycles. The lowest BCUT2D eigenvalue weighted by atomic mass is 10.1. The van der Waals surface area contributed by atoms with Gasteiger partial charge in [0.2, 0.25) is 0 Å². The van der Waals surface area contributed by atoms with Crippen LogP contribution in [0.25, 0.3) is 0 Å². The maximum Gasteiger partial charge on any atom is 0.143 e. The molecule has 0 radical (unpaired) electrons. The highest BCUT2D eigenvalue weighted by molar-refractivity contribution is 14.1. The molecule has 0 bridgehead atoms. The molecular formula is C14H24IN3S. The molecule has 0 amide bonds. The molecule has 0 saturated heterocycles. The van der Waals surface area contributed by atoms with Crippen LogP contribution in [0.2, 0.25) is 0 Å². The molecule has 0 aliphatic carbocycles. The number of thioether (sulfide) groups is 1. The molecule has 0 spiro atoms. The number of hydrogen-bond acceptors (Lipinski definition) is 4. The van der Waals surface area contributed by atoms with E-state index in [4.69, 9.17) is 4.98 Å². The van der Waals surface area contributed by atoms with Gasteiger partial charge in [0.25, 0.3) is 0 Å². The molecule has 0 atom stereocenters. The summed E-state index contributed by atoms with van der Waals surface area (Å²) >= 11 is 4.26. The fourth-order valence-corrected chi connectivity index (χ4v) is 3.59. The highest BCUT2D eigenvalue weighted by Crippen LogP contribution is 2.26. The summed E-state index contributed by atoms with van der Waals surface area (Å²) in [5.74, 6) is 5.14. The van der Waals surface area contributed by atoms with E-state index < -0.39 is 0 Å². The van der Waals surface area contributed by atoms with Crippen molar-refractivity contribution in [1.82, 2.24) is 9.97 Å². The van der Waals surface area contributed by atoms with E-state index in [1.807, 2.05) is 11.8 Å². The quantitative estimate of drug-likeness (QED) is 0.691. The van der Waals surface area contributed by atoms with Gasteiger partial charge in [-0.15, -0.1) is 0 Å². The minimum atomic E-state index is 0.432. The Morgan fingerprint density at radius 1 is 1.21 bits per heavy atom. The van der Waals surface area contributed by atoms with Crippen molar-refractivity contribution in [3.05, 3.63) is 15.1 Å². The first-order chi connectivity index (χ1) is 8.95. The van der Waals surface area contributed by atoms with Crippen LogP contribution in [0.1, 0.15) is 52.1 Å². The monoisotopic (exact) mass is 393 g/mol. The second kappa shape index (κ2) is 8.29. The van der Waals surface area contributed by atoms with Gasteiger partial charge in [0, 0.05) is 6.54 Å². The van der Waals surface area contributed by atoms with Crippen molar-refractivity contribution < 1.29 is 0 Å². The van der Waals surface area contributed by atoms with Crippen LogP contribution in [-0.2, 0) is 5.75 Å². The molecule has 1 aromatic rings. The van der Waals surface area contributed by atoms with Crippen LogP contribution >= 0.6 is 34.4 Å². The Morgan fingerprint density at radius 2 is 1.89 bits per heavy atom. The number of halogens is 1. The summed E-state index contributed by atoms with van der Waals surface area (Å²) < 4.78 is 1.16. The molecular weight excluding hydrogens is 369 g/mol. The van der Waals surface area contributed by atoms with Gasteiger partial charge < -0.3 is 5.32 Å². The third-order valence-electron chi connectivity index (χ3n) is 2.50. The molecule has 1 N–H and O–H groups in total. The van der Waals surface area contributed by atoms with Gasteiger partial charge in [0.1, 0.15) is 11.6 Å². The number of hydrogen-bond donors (Lipinski definition) is 1. The first kappa shape index (κ1) is 17.0. The predicted molar refractivity (Wildman–Crippen MR) is 94.0 cm³/mol. The second-order valence-electron chi connectivity index (χ2n) is 5.28. The lowest BCUT2D eigenvalue weighted by molar-refractivity contribution is 0.749. The maximum atomic E-state index is 4.73. The third-order valence-corrected chi connectivity index (χ3v) is 4.92. The van der Waals surface area contributed by atoms with Gasteiger partial charge in [0.15, 0.2) is 0 Å². The Morgan fingerprint density at radius 3 is 2.42 bits per heavy atom. The van der Waals surface area contributed by atoms with E-state index in [0.717, 1.165) is 39.0 Å². The normalized spacial score (nSPS) is 11.4. The SMILES string of the molecule is CCNc1nc(CSCC(C)C)nc(C(C)C)c1I. The molecule has 0 saturated carbocycles. The van der Waals surface area contributed by atoms with E-state index in [1.54, 1.807) is 0 Å². The highest BCUT2D eigenvalue weighted by atomic mass is 127. The van der Waals surface area contributed by atoms with Crippen molar-refractivity contribution >= 4 is 40.2 Å². The first-order valence-electron chi connectivity index (χ1n) is 6.83. The molecule has 0 unspecified atom stereocenters. The van der Waals surface area contributed by atoms with Gasteiger partial charge >= 0.3 is 0 Å². The van der Waals surface area contributed by atoms with Gasteiger partial charge in [-0.2, -0.15) is 11.8 Å². The zero-order chi connectivity index (χ0) is 14.4. The lowest BCUT2D eigenvalue weighted by Gasteiger charge is -2.14. The molecule has 1 rings (SSSR count). The summed E-state index contributed by atoms with van der Waals surface area (Å²) in [5.41, 5.74) is 1.16. The molecule has 0 fully saturated rings. The van der Waals surface area contributed by atoms with E-state index in [0.29, 0.717) is 11.8 Å². The fourth-order valence-electron chi connectivity index (χ4n) is 1.63. The van der Waals surface area contributed by atoms with Gasteiger partial charge in [-0.05, 0) is 47.1 Å². The zero-order valence-electron chi connectivity index (χ0n) is 12.5. The molecule has 1 aromatic heterocycles. The van der Waals surface area contributed by atoms with E-state index in [1.165, 1.54) is 0 Å². The number of nitrogens with one attached hydrogen (secondary N) is 1. The van der Waals surface area contributed by atoms with Crippen LogP contribution < -0.4 is 5.32 Å². The van der Waals surface area contributed by atoms with Crippen molar-refractivity contribution in [2.45, 2.75) is 46.3 Å². The van der Waals surface area contributed by atoms with Gasteiger partial charge in [-0.3, -0.25) is 0 Å². The summed E-state index contributed by atoms with van der Waals surface area (Å²) in [5, 5.41) is 3.34. The number of rotatable bonds is 7. The summed E-state index contributed by atoms with van der Waals surface area (Å²) in [4.78, 5) is 9.38. The smallest absolute Gasteiger partial charge is 0.143 e. The van der Waals surface area contributed by atoms with Crippen molar-refractivity contribution in [3.63, 3.8) is 0 Å². The van der Waals surface area contributed by atoms with Crippen LogP contribution in [0.4, 0.5) is 5.82 Å². The Hall–Kier alpha value is -0.0400. The minimum Gasteiger partial charge on any atom is -0.369 e. The van der Waals surface area contributed by atoms with Crippen molar-refractivity contribution in [1.29, 1.82) is 0 Å². The molecule has 1 heterocycles. The van der Waals surface area contributed by atoms with E-state index in [-0.39, 0.29) is 0 Å². The van der Waals surface area contributed by atoms with Crippen molar-refractivity contribution in [2.75, 3.05) is 17.6 Å². The Bertz CT molecular complexity index is 408. The van der Waals surface area contributed by atoms with Crippen LogP contribution in [0.15, 0.2) is 0 Å². The number of aromatic nitrogens is 2. The lowest BCUT2D eigenvalue weighted by Crippen LogP contribution is -2.10. The third kappa shape index (κ3) is 5.45. The van der Waals surface area contributed by atoms with E-state index in [9.17, 15) is 0 Å². The molecule has 108 valence electrons. The van der Waals surface area contributed by atoms with E-state index in [2.05, 4.69) is 67.5 Å². The molecule has 5 heteroatoms. The summed E-state index contributed by atoms with van der Waals surface area (Å²) in [6.07, 6.45) is 0. The molecule has 3 nitrogen and oxygen atoms in total. The van der Waals surface area contributed by atoms with Gasteiger partial charge in [0.05, 0.1) is 15.0 Å². The summed E-state index contributed by atoms with van der Waals surface area (Å²) in [6, 6.07) is 0. The second-order valence-corrected chi connectivity index (χ2v) is 7.39. The van der Waals surface area contributed by atoms with Crippen LogP contribution in [0.5, 0.6) is 0 Å². The molecule has 0 aliphatic rings. The molecule has 0 aliphatic heterocycles. The largest absolute Gasteiger partial charge is 0.369 e. The first-order valence-corrected chi connectivity index (χ1v) is 9.06. The van der Waals surface area contributed by atoms with Crippen molar-refractivity contribution in [2.24, 2.45) is 5.92 Å². The minimum absolute atomic E-state index is 0.432. The molecule has 19 heavy (non-hydrogen) atoms. The standard InChI is InChI=1S/C14H24IN3S/c1-6-16-14-12(15)13(10(4)5)17-11(18-14)8-19-7-9(2)3/h9-10H,6-8H2,1-5H3,(H,16,17,18).